The number of thioether (sulfide) groups is 1. The second-order valence-electron chi connectivity index (χ2n) is 4.99. The average Bonchev–Trinajstić information content (AvgIpc) is 2.42. The van der Waals surface area contributed by atoms with Gasteiger partial charge in [-0.25, -0.2) is 8.78 Å². The van der Waals surface area contributed by atoms with Crippen LogP contribution in [0.3, 0.4) is 0 Å². The normalized spacial score (nSPS) is 12.2. The molecule has 1 nitrogen and oxygen atoms in total. The molecule has 0 heterocycles. The predicted octanol–water partition coefficient (Wildman–Crippen LogP) is 4.95. The lowest BCUT2D eigenvalue weighted by molar-refractivity contribution is 0.0990. The molecule has 4 heteroatoms. The van der Waals surface area contributed by atoms with Crippen molar-refractivity contribution in [1.29, 1.82) is 0 Å². The van der Waals surface area contributed by atoms with Crippen LogP contribution < -0.4 is 0 Å². The van der Waals surface area contributed by atoms with Crippen LogP contribution in [-0.2, 0) is 0 Å². The molecule has 0 aliphatic carbocycles. The van der Waals surface area contributed by atoms with E-state index in [0.29, 0.717) is 0 Å². The Bertz CT molecular complexity index is 682. The zero-order chi connectivity index (χ0) is 15.6. The average molecular weight is 306 g/mol. The van der Waals surface area contributed by atoms with Crippen LogP contribution in [0.25, 0.3) is 0 Å². The van der Waals surface area contributed by atoms with E-state index in [-0.39, 0.29) is 11.3 Å². The van der Waals surface area contributed by atoms with Crippen molar-refractivity contribution < 1.29 is 13.6 Å². The highest BCUT2D eigenvalue weighted by Gasteiger charge is 2.20. The van der Waals surface area contributed by atoms with Crippen LogP contribution in [-0.4, -0.2) is 11.0 Å². The second kappa shape index (κ2) is 6.39. The molecular weight excluding hydrogens is 290 g/mol. The Kier molecular flexibility index (Phi) is 4.78. The van der Waals surface area contributed by atoms with Crippen LogP contribution in [0, 0.1) is 25.5 Å². The van der Waals surface area contributed by atoms with E-state index < -0.39 is 16.9 Å². The van der Waals surface area contributed by atoms with Crippen molar-refractivity contribution in [3.8, 4) is 0 Å². The van der Waals surface area contributed by atoms with Crippen molar-refractivity contribution in [3.63, 3.8) is 0 Å². The van der Waals surface area contributed by atoms with Gasteiger partial charge in [0.2, 0.25) is 0 Å². The number of ketones is 1. The van der Waals surface area contributed by atoms with Crippen LogP contribution in [0.1, 0.15) is 28.4 Å². The largest absolute Gasteiger partial charge is 0.293 e. The SMILES string of the molecule is Cc1ccc(SC(C)C(=O)c2ccc(F)cc2F)cc1C. The van der Waals surface area contributed by atoms with Crippen LogP contribution in [0.4, 0.5) is 8.78 Å². The summed E-state index contributed by atoms with van der Waals surface area (Å²) < 4.78 is 26.5. The molecule has 0 N–H and O–H groups in total. The van der Waals surface area contributed by atoms with Gasteiger partial charge in [-0.2, -0.15) is 0 Å². The Morgan fingerprint density at radius 2 is 1.76 bits per heavy atom. The Morgan fingerprint density at radius 3 is 2.38 bits per heavy atom. The fourth-order valence-electron chi connectivity index (χ4n) is 1.95. The Balaban J connectivity index is 2.17. The van der Waals surface area contributed by atoms with E-state index >= 15 is 0 Å². The fraction of sp³-hybridized carbons (Fsp3) is 0.235. The molecule has 0 aromatic heterocycles. The molecule has 21 heavy (non-hydrogen) atoms. The molecular formula is C17H16F2OS. The minimum atomic E-state index is -0.812. The minimum Gasteiger partial charge on any atom is -0.293 e. The van der Waals surface area contributed by atoms with Crippen molar-refractivity contribution in [2.75, 3.05) is 0 Å². The predicted molar refractivity (Wildman–Crippen MR) is 81.9 cm³/mol. The Morgan fingerprint density at radius 1 is 1.05 bits per heavy atom. The first-order valence-electron chi connectivity index (χ1n) is 6.61. The Hall–Kier alpha value is -1.68. The van der Waals surface area contributed by atoms with E-state index in [9.17, 15) is 13.6 Å². The first kappa shape index (κ1) is 15.7. The zero-order valence-corrected chi connectivity index (χ0v) is 12.9. The molecule has 0 bridgehead atoms. The number of hydrogen-bond acceptors (Lipinski definition) is 2. The summed E-state index contributed by atoms with van der Waals surface area (Å²) >= 11 is 1.37. The summed E-state index contributed by atoms with van der Waals surface area (Å²) in [5, 5.41) is -0.438. The van der Waals surface area contributed by atoms with Gasteiger partial charge in [0.25, 0.3) is 0 Å². The van der Waals surface area contributed by atoms with Crippen molar-refractivity contribution >= 4 is 17.5 Å². The third-order valence-electron chi connectivity index (χ3n) is 3.36. The van der Waals surface area contributed by atoms with Crippen LogP contribution in [0.5, 0.6) is 0 Å². The molecule has 0 spiro atoms. The second-order valence-corrected chi connectivity index (χ2v) is 6.41. The topological polar surface area (TPSA) is 17.1 Å². The molecule has 1 atom stereocenters. The summed E-state index contributed by atoms with van der Waals surface area (Å²) in [6, 6.07) is 8.98. The maximum Gasteiger partial charge on any atom is 0.178 e. The molecule has 0 saturated heterocycles. The number of hydrogen-bond donors (Lipinski definition) is 0. The first-order chi connectivity index (χ1) is 9.88. The number of aryl methyl sites for hydroxylation is 2. The lowest BCUT2D eigenvalue weighted by Crippen LogP contribution is -2.15. The van der Waals surface area contributed by atoms with Gasteiger partial charge in [0.05, 0.1) is 10.8 Å². The maximum atomic E-state index is 13.6. The lowest BCUT2D eigenvalue weighted by atomic mass is 10.1. The molecule has 2 aromatic carbocycles. The zero-order valence-electron chi connectivity index (χ0n) is 12.1. The number of rotatable bonds is 4. The van der Waals surface area contributed by atoms with Crippen molar-refractivity contribution in [1.82, 2.24) is 0 Å². The highest BCUT2D eigenvalue weighted by molar-refractivity contribution is 8.00. The minimum absolute atomic E-state index is 0.0692. The molecule has 0 fully saturated rings. The standard InChI is InChI=1S/C17H16F2OS/c1-10-4-6-14(8-11(10)2)21-12(3)17(20)15-7-5-13(18)9-16(15)19/h4-9,12H,1-3H3. The number of halogens is 2. The van der Waals surface area contributed by atoms with Gasteiger partial charge in [0, 0.05) is 11.0 Å². The summed E-state index contributed by atoms with van der Waals surface area (Å²) in [7, 11) is 0. The Labute approximate surface area is 127 Å². The van der Waals surface area contributed by atoms with Crippen molar-refractivity contribution in [2.24, 2.45) is 0 Å². The van der Waals surface area contributed by atoms with Crippen LogP contribution in [0.15, 0.2) is 41.3 Å². The monoisotopic (exact) mass is 306 g/mol. The van der Waals surface area contributed by atoms with Gasteiger partial charge >= 0.3 is 0 Å². The quantitative estimate of drug-likeness (QED) is 0.587. The summed E-state index contributed by atoms with van der Waals surface area (Å²) in [6.45, 7) is 5.75. The summed E-state index contributed by atoms with van der Waals surface area (Å²) in [5.74, 6) is -1.83. The van der Waals surface area contributed by atoms with Gasteiger partial charge in [-0.3, -0.25) is 4.79 Å². The smallest absolute Gasteiger partial charge is 0.178 e. The van der Waals surface area contributed by atoms with E-state index in [1.807, 2.05) is 32.0 Å². The summed E-state index contributed by atoms with van der Waals surface area (Å²) in [4.78, 5) is 13.2. The molecule has 2 aromatic rings. The van der Waals surface area contributed by atoms with E-state index in [1.54, 1.807) is 6.92 Å². The highest BCUT2D eigenvalue weighted by atomic mass is 32.2. The van der Waals surface area contributed by atoms with Gasteiger partial charge in [-0.15, -0.1) is 11.8 Å². The van der Waals surface area contributed by atoms with Gasteiger partial charge in [0.15, 0.2) is 5.78 Å². The lowest BCUT2D eigenvalue weighted by Gasteiger charge is -2.12. The van der Waals surface area contributed by atoms with Gasteiger partial charge in [0.1, 0.15) is 11.6 Å². The highest BCUT2D eigenvalue weighted by Crippen LogP contribution is 2.28. The maximum absolute atomic E-state index is 13.6. The first-order valence-corrected chi connectivity index (χ1v) is 7.49. The fourth-order valence-corrected chi connectivity index (χ4v) is 2.99. The summed E-state index contributed by atoms with van der Waals surface area (Å²) in [5.41, 5.74) is 2.26. The van der Waals surface area contributed by atoms with E-state index in [2.05, 4.69) is 0 Å². The molecule has 0 amide bonds. The molecule has 0 saturated carbocycles. The third-order valence-corrected chi connectivity index (χ3v) is 4.45. The van der Waals surface area contributed by atoms with Gasteiger partial charge in [-0.05, 0) is 56.2 Å². The molecule has 110 valence electrons. The molecule has 2 rings (SSSR count). The van der Waals surface area contributed by atoms with E-state index in [1.165, 1.54) is 23.4 Å². The number of carbonyl (C=O) groups is 1. The van der Waals surface area contributed by atoms with Crippen molar-refractivity contribution in [3.05, 3.63) is 64.7 Å². The van der Waals surface area contributed by atoms with Gasteiger partial charge in [-0.1, -0.05) is 6.07 Å². The molecule has 1 unspecified atom stereocenters. The number of Topliss-reactive ketones (excluding diaryl/α,β-unsaturated/α-hetero) is 1. The molecule has 0 aliphatic heterocycles. The van der Waals surface area contributed by atoms with Crippen LogP contribution in [0.2, 0.25) is 0 Å². The van der Waals surface area contributed by atoms with Crippen LogP contribution >= 0.6 is 11.8 Å². The van der Waals surface area contributed by atoms with Crippen molar-refractivity contribution in [2.45, 2.75) is 30.9 Å². The van der Waals surface area contributed by atoms with E-state index in [0.717, 1.165) is 22.6 Å². The molecule has 0 radical (unpaired) electrons. The number of carbonyl (C=O) groups excluding carboxylic acids is 1. The number of benzene rings is 2. The molecule has 0 aliphatic rings. The third kappa shape index (κ3) is 3.70. The summed E-state index contributed by atoms with van der Waals surface area (Å²) in [6.07, 6.45) is 0. The van der Waals surface area contributed by atoms with Gasteiger partial charge < -0.3 is 0 Å². The van der Waals surface area contributed by atoms with E-state index in [4.69, 9.17) is 0 Å².